The second-order valence-electron chi connectivity index (χ2n) is 11.6. The first-order chi connectivity index (χ1) is 20.8. The lowest BCUT2D eigenvalue weighted by Gasteiger charge is -2.36. The van der Waals surface area contributed by atoms with Gasteiger partial charge in [-0.3, -0.25) is 9.97 Å². The molecular formula is C39H31N3. The quantitative estimate of drug-likeness (QED) is 0.223. The Morgan fingerprint density at radius 2 is 1.10 bits per heavy atom. The Kier molecular flexibility index (Phi) is 6.03. The maximum Gasteiger partial charge on any atom is 0.0731 e. The van der Waals surface area contributed by atoms with E-state index in [-0.39, 0.29) is 5.41 Å². The van der Waals surface area contributed by atoms with Gasteiger partial charge in [0.25, 0.3) is 0 Å². The zero-order valence-corrected chi connectivity index (χ0v) is 23.5. The molecule has 1 fully saturated rings. The van der Waals surface area contributed by atoms with E-state index in [1.807, 2.05) is 24.5 Å². The molecule has 0 atom stereocenters. The van der Waals surface area contributed by atoms with E-state index in [9.17, 15) is 0 Å². The molecule has 3 nitrogen and oxygen atoms in total. The molecular weight excluding hydrogens is 510 g/mol. The van der Waals surface area contributed by atoms with Crippen LogP contribution >= 0.6 is 0 Å². The number of hydrogen-bond acceptors (Lipinski definition) is 3. The summed E-state index contributed by atoms with van der Waals surface area (Å²) in [5, 5.41) is 0. The van der Waals surface area contributed by atoms with Crippen molar-refractivity contribution in [1.29, 1.82) is 0 Å². The SMILES string of the molecule is c1cncc(-c2cc(-c3ccc(-c4ccc5c(c4)-c4ccccc4C54CCCCC4)cc3)nc(-c3cccnc3)c2)c1. The van der Waals surface area contributed by atoms with Crippen molar-refractivity contribution in [1.82, 2.24) is 15.0 Å². The summed E-state index contributed by atoms with van der Waals surface area (Å²) in [7, 11) is 0. The van der Waals surface area contributed by atoms with Gasteiger partial charge in [-0.2, -0.15) is 0 Å². The second-order valence-corrected chi connectivity index (χ2v) is 11.6. The predicted octanol–water partition coefficient (Wildman–Crippen LogP) is 9.77. The van der Waals surface area contributed by atoms with Crippen molar-refractivity contribution in [3.8, 4) is 55.9 Å². The third-order valence-corrected chi connectivity index (χ3v) is 9.27. The van der Waals surface area contributed by atoms with Crippen molar-refractivity contribution in [2.24, 2.45) is 0 Å². The minimum absolute atomic E-state index is 0.198. The standard InChI is InChI=1S/C39H31N3/c1-4-18-39(19-5-1)35-11-3-2-10-33(35)34-22-29(16-17-36(34)39)27-12-14-28(15-13-27)37-23-32(30-8-6-20-40-25-30)24-38(42-37)31-9-7-21-41-26-31/h2-3,6-17,20-26H,1,4-5,18-19H2. The highest BCUT2D eigenvalue weighted by molar-refractivity contribution is 5.85. The summed E-state index contributed by atoms with van der Waals surface area (Å²) in [5.41, 5.74) is 14.7. The van der Waals surface area contributed by atoms with Crippen molar-refractivity contribution >= 4 is 0 Å². The Labute approximate surface area is 247 Å². The van der Waals surface area contributed by atoms with Gasteiger partial charge in [-0.25, -0.2) is 4.98 Å². The average molecular weight is 542 g/mol. The number of hydrogen-bond donors (Lipinski definition) is 0. The number of pyridine rings is 3. The van der Waals surface area contributed by atoms with Gasteiger partial charge in [0.05, 0.1) is 11.4 Å². The van der Waals surface area contributed by atoms with E-state index in [1.54, 1.807) is 12.4 Å². The molecule has 8 rings (SSSR count). The van der Waals surface area contributed by atoms with Crippen molar-refractivity contribution in [2.45, 2.75) is 37.5 Å². The average Bonchev–Trinajstić information content (AvgIpc) is 3.34. The van der Waals surface area contributed by atoms with Crippen LogP contribution in [0.2, 0.25) is 0 Å². The fourth-order valence-corrected chi connectivity index (χ4v) is 7.21. The molecule has 3 aromatic heterocycles. The van der Waals surface area contributed by atoms with E-state index in [4.69, 9.17) is 4.98 Å². The first-order valence-corrected chi connectivity index (χ1v) is 15.0. The van der Waals surface area contributed by atoms with Crippen molar-refractivity contribution in [3.05, 3.63) is 139 Å². The lowest BCUT2D eigenvalue weighted by Crippen LogP contribution is -2.27. The Morgan fingerprint density at radius 3 is 1.83 bits per heavy atom. The van der Waals surface area contributed by atoms with Gasteiger partial charge in [0.15, 0.2) is 0 Å². The van der Waals surface area contributed by atoms with E-state index in [0.717, 1.165) is 33.6 Å². The van der Waals surface area contributed by atoms with Gasteiger partial charge < -0.3 is 0 Å². The maximum atomic E-state index is 5.06. The highest BCUT2D eigenvalue weighted by Crippen LogP contribution is 2.56. The van der Waals surface area contributed by atoms with E-state index in [0.29, 0.717) is 0 Å². The Balaban J connectivity index is 1.18. The highest BCUT2D eigenvalue weighted by Gasteiger charge is 2.43. The summed E-state index contributed by atoms with van der Waals surface area (Å²) in [6.45, 7) is 0. The Morgan fingerprint density at radius 1 is 0.452 bits per heavy atom. The Bertz CT molecular complexity index is 1830. The van der Waals surface area contributed by atoms with Crippen LogP contribution in [0.15, 0.2) is 128 Å². The number of benzene rings is 3. The van der Waals surface area contributed by atoms with E-state index >= 15 is 0 Å². The summed E-state index contributed by atoms with van der Waals surface area (Å²) in [5.74, 6) is 0. The summed E-state index contributed by atoms with van der Waals surface area (Å²) >= 11 is 0. The molecule has 0 amide bonds. The van der Waals surface area contributed by atoms with Gasteiger partial charge in [0.1, 0.15) is 0 Å². The molecule has 2 aliphatic carbocycles. The summed E-state index contributed by atoms with van der Waals surface area (Å²) < 4.78 is 0. The van der Waals surface area contributed by atoms with Gasteiger partial charge in [0, 0.05) is 46.9 Å². The minimum atomic E-state index is 0.198. The van der Waals surface area contributed by atoms with Crippen molar-refractivity contribution < 1.29 is 0 Å². The second kappa shape index (κ2) is 10.2. The minimum Gasteiger partial charge on any atom is -0.264 e. The molecule has 3 heterocycles. The van der Waals surface area contributed by atoms with E-state index in [2.05, 4.69) is 101 Å². The fourth-order valence-electron chi connectivity index (χ4n) is 7.21. The van der Waals surface area contributed by atoms with Gasteiger partial charge in [-0.15, -0.1) is 0 Å². The summed E-state index contributed by atoms with van der Waals surface area (Å²) in [4.78, 5) is 13.7. The van der Waals surface area contributed by atoms with Crippen LogP contribution in [-0.2, 0) is 5.41 Å². The molecule has 6 aromatic rings. The van der Waals surface area contributed by atoms with Crippen LogP contribution in [0.4, 0.5) is 0 Å². The number of nitrogens with zero attached hydrogens (tertiary/aromatic N) is 3. The topological polar surface area (TPSA) is 38.7 Å². The number of fused-ring (bicyclic) bond motifs is 5. The molecule has 1 saturated carbocycles. The van der Waals surface area contributed by atoms with Gasteiger partial charge in [-0.05, 0) is 88.2 Å². The zero-order valence-electron chi connectivity index (χ0n) is 23.5. The molecule has 0 bridgehead atoms. The molecule has 0 N–H and O–H groups in total. The van der Waals surface area contributed by atoms with Crippen LogP contribution < -0.4 is 0 Å². The highest BCUT2D eigenvalue weighted by atomic mass is 14.7. The van der Waals surface area contributed by atoms with Crippen LogP contribution in [0.1, 0.15) is 43.2 Å². The maximum absolute atomic E-state index is 5.06. The van der Waals surface area contributed by atoms with Crippen LogP contribution in [0.25, 0.3) is 55.9 Å². The lowest BCUT2D eigenvalue weighted by molar-refractivity contribution is 0.353. The van der Waals surface area contributed by atoms with Crippen LogP contribution in [-0.4, -0.2) is 15.0 Å². The van der Waals surface area contributed by atoms with Crippen LogP contribution in [0.5, 0.6) is 0 Å². The first-order valence-electron chi connectivity index (χ1n) is 15.0. The van der Waals surface area contributed by atoms with Crippen LogP contribution in [0.3, 0.4) is 0 Å². The van der Waals surface area contributed by atoms with Crippen LogP contribution in [0, 0.1) is 0 Å². The third kappa shape index (κ3) is 4.16. The molecule has 202 valence electrons. The number of aromatic nitrogens is 3. The molecule has 42 heavy (non-hydrogen) atoms. The van der Waals surface area contributed by atoms with Crippen molar-refractivity contribution in [3.63, 3.8) is 0 Å². The smallest absolute Gasteiger partial charge is 0.0731 e. The molecule has 0 radical (unpaired) electrons. The molecule has 0 aliphatic heterocycles. The van der Waals surface area contributed by atoms with E-state index < -0.39 is 0 Å². The lowest BCUT2D eigenvalue weighted by atomic mass is 9.68. The Hall–Kier alpha value is -4.89. The van der Waals surface area contributed by atoms with Gasteiger partial charge in [0.2, 0.25) is 0 Å². The summed E-state index contributed by atoms with van der Waals surface area (Å²) in [6.07, 6.45) is 13.9. The molecule has 0 saturated heterocycles. The zero-order chi connectivity index (χ0) is 27.9. The van der Waals surface area contributed by atoms with Gasteiger partial charge in [-0.1, -0.05) is 86.0 Å². The fraction of sp³-hybridized carbons (Fsp3) is 0.154. The number of rotatable bonds is 4. The largest absolute Gasteiger partial charge is 0.264 e. The normalized spacial score (nSPS) is 14.9. The van der Waals surface area contributed by atoms with E-state index in [1.165, 1.54) is 65.5 Å². The van der Waals surface area contributed by atoms with Gasteiger partial charge >= 0.3 is 0 Å². The molecule has 3 heteroatoms. The molecule has 0 unspecified atom stereocenters. The predicted molar refractivity (Wildman–Crippen MR) is 171 cm³/mol. The molecule has 3 aromatic carbocycles. The monoisotopic (exact) mass is 541 g/mol. The molecule has 2 aliphatic rings. The summed E-state index contributed by atoms with van der Waals surface area (Å²) in [6, 6.07) is 37.5. The first kappa shape index (κ1) is 24.9. The third-order valence-electron chi connectivity index (χ3n) is 9.27. The van der Waals surface area contributed by atoms with Crippen molar-refractivity contribution in [2.75, 3.05) is 0 Å². The molecule has 1 spiro atoms.